The first-order chi connectivity index (χ1) is 16.7. The maximum atomic E-state index is 12.1. The molecule has 0 fully saturated rings. The molecule has 0 unspecified atom stereocenters. The first-order valence-electron chi connectivity index (χ1n) is 10.3. The van der Waals surface area contributed by atoms with Crippen molar-refractivity contribution in [2.45, 2.75) is 4.90 Å². The van der Waals surface area contributed by atoms with E-state index < -0.39 is 10.1 Å². The van der Waals surface area contributed by atoms with E-state index in [1.54, 1.807) is 66.7 Å². The Morgan fingerprint density at radius 1 is 0.686 bits per heavy atom. The molecule has 0 radical (unpaired) electrons. The van der Waals surface area contributed by atoms with E-state index in [4.69, 9.17) is 9.29 Å². The molecule has 2 N–H and O–H groups in total. The van der Waals surface area contributed by atoms with E-state index in [0.29, 0.717) is 16.9 Å². The minimum absolute atomic E-state index is 0.0711. The number of rotatable bonds is 6. The number of hydrogen-bond donors (Lipinski definition) is 2. The van der Waals surface area contributed by atoms with Gasteiger partial charge < -0.3 is 9.84 Å². The van der Waals surface area contributed by atoms with Crippen LogP contribution in [-0.4, -0.2) is 36.8 Å². The topological polar surface area (TPSA) is 118 Å². The Morgan fingerprint density at radius 3 is 1.74 bits per heavy atom. The van der Waals surface area contributed by atoms with Gasteiger partial charge in [-0.2, -0.15) is 8.42 Å². The number of phenolic OH excluding ortho intramolecular Hbond substituents is 1. The van der Waals surface area contributed by atoms with Crippen LogP contribution in [0, 0.1) is 0 Å². The van der Waals surface area contributed by atoms with Crippen LogP contribution in [-0.2, 0) is 10.1 Å². The zero-order valence-electron chi connectivity index (χ0n) is 18.7. The van der Waals surface area contributed by atoms with Crippen molar-refractivity contribution in [2.24, 2.45) is 0 Å². The average molecular weight is 491 g/mol. The van der Waals surface area contributed by atoms with Crippen molar-refractivity contribution in [3.63, 3.8) is 0 Å². The number of ketones is 2. The van der Waals surface area contributed by atoms with E-state index in [0.717, 1.165) is 6.07 Å². The molecular weight excluding hydrogens is 468 g/mol. The largest absolute Gasteiger partial charge is 0.507 e. The number of carbonyl (C=O) groups is 2. The van der Waals surface area contributed by atoms with Gasteiger partial charge in [-0.05, 0) is 24.3 Å². The molecule has 0 amide bonds. The fraction of sp³-hybridized carbons (Fsp3) is 0.0370. The van der Waals surface area contributed by atoms with Crippen LogP contribution in [0.2, 0.25) is 0 Å². The molecule has 0 aliphatic rings. The van der Waals surface area contributed by atoms with Gasteiger partial charge in [0.2, 0.25) is 0 Å². The minimum atomic E-state index is -4.29. The summed E-state index contributed by atoms with van der Waals surface area (Å²) in [4.78, 5) is 23.8. The fourth-order valence-electron chi connectivity index (χ4n) is 3.13. The molecular formula is C27H22O7S. The maximum Gasteiger partial charge on any atom is 0.294 e. The number of methoxy groups -OCH3 is 1. The molecule has 178 valence electrons. The highest BCUT2D eigenvalue weighted by molar-refractivity contribution is 7.85. The lowest BCUT2D eigenvalue weighted by Crippen LogP contribution is -2.04. The van der Waals surface area contributed by atoms with Crippen molar-refractivity contribution < 1.29 is 32.4 Å². The van der Waals surface area contributed by atoms with Gasteiger partial charge in [0, 0.05) is 22.8 Å². The molecule has 0 aromatic heterocycles. The SMILES string of the molecule is COc1ccc(C(=O)c2ccccc2)c(O)c1.O=C(c1ccccc1)c1cccc(S(=O)(=O)O)c1. The van der Waals surface area contributed by atoms with Crippen LogP contribution in [0.4, 0.5) is 0 Å². The van der Waals surface area contributed by atoms with Crippen molar-refractivity contribution >= 4 is 21.7 Å². The van der Waals surface area contributed by atoms with Gasteiger partial charge in [-0.3, -0.25) is 14.1 Å². The molecule has 0 spiro atoms. The lowest BCUT2D eigenvalue weighted by atomic mass is 10.0. The smallest absolute Gasteiger partial charge is 0.294 e. The first-order valence-corrected chi connectivity index (χ1v) is 11.8. The third-order valence-corrected chi connectivity index (χ3v) is 5.77. The highest BCUT2D eigenvalue weighted by Crippen LogP contribution is 2.25. The molecule has 0 aliphatic heterocycles. The van der Waals surface area contributed by atoms with Crippen LogP contribution in [0.3, 0.4) is 0 Å². The van der Waals surface area contributed by atoms with Gasteiger partial charge in [0.25, 0.3) is 10.1 Å². The number of carbonyl (C=O) groups excluding carboxylic acids is 2. The number of benzene rings is 4. The van der Waals surface area contributed by atoms with Crippen LogP contribution < -0.4 is 4.74 Å². The first kappa shape index (κ1) is 25.4. The predicted octanol–water partition coefficient (Wildman–Crippen LogP) is 4.80. The van der Waals surface area contributed by atoms with Crippen LogP contribution >= 0.6 is 0 Å². The average Bonchev–Trinajstić information content (AvgIpc) is 2.89. The van der Waals surface area contributed by atoms with Crippen molar-refractivity contribution in [2.75, 3.05) is 7.11 Å². The summed E-state index contributed by atoms with van der Waals surface area (Å²) in [7, 11) is -2.79. The number of hydrogen-bond acceptors (Lipinski definition) is 6. The van der Waals surface area contributed by atoms with E-state index in [2.05, 4.69) is 0 Å². The monoisotopic (exact) mass is 490 g/mol. The maximum absolute atomic E-state index is 12.1. The summed E-state index contributed by atoms with van der Waals surface area (Å²) >= 11 is 0. The van der Waals surface area contributed by atoms with Gasteiger partial charge in [0.1, 0.15) is 11.5 Å². The third-order valence-electron chi connectivity index (χ3n) is 4.92. The van der Waals surface area contributed by atoms with E-state index >= 15 is 0 Å². The molecule has 35 heavy (non-hydrogen) atoms. The Kier molecular flexibility index (Phi) is 8.14. The van der Waals surface area contributed by atoms with E-state index in [1.807, 2.05) is 6.07 Å². The second kappa shape index (κ2) is 11.2. The zero-order valence-corrected chi connectivity index (χ0v) is 19.5. The molecule has 7 nitrogen and oxygen atoms in total. The Labute approximate surface area is 203 Å². The molecule has 4 aromatic carbocycles. The molecule has 4 rings (SSSR count). The molecule has 0 heterocycles. The second-order valence-electron chi connectivity index (χ2n) is 7.28. The molecule has 0 saturated carbocycles. The summed E-state index contributed by atoms with van der Waals surface area (Å²) in [5.41, 5.74) is 1.51. The molecule has 0 aliphatic carbocycles. The minimum Gasteiger partial charge on any atom is -0.507 e. The van der Waals surface area contributed by atoms with E-state index in [1.165, 1.54) is 31.4 Å². The van der Waals surface area contributed by atoms with Crippen molar-refractivity contribution in [1.29, 1.82) is 0 Å². The van der Waals surface area contributed by atoms with Crippen LogP contribution in [0.15, 0.2) is 108 Å². The summed E-state index contributed by atoms with van der Waals surface area (Å²) in [5, 5.41) is 9.75. The Hall–Kier alpha value is -4.27. The van der Waals surface area contributed by atoms with Crippen LogP contribution in [0.1, 0.15) is 31.8 Å². The summed E-state index contributed by atoms with van der Waals surface area (Å²) in [6, 6.07) is 27.3. The fourth-order valence-corrected chi connectivity index (χ4v) is 3.66. The molecule has 0 atom stereocenters. The highest BCUT2D eigenvalue weighted by atomic mass is 32.2. The number of phenols is 1. The quantitative estimate of drug-likeness (QED) is 0.294. The summed E-state index contributed by atoms with van der Waals surface area (Å²) in [6.45, 7) is 0. The van der Waals surface area contributed by atoms with Crippen LogP contribution in [0.25, 0.3) is 0 Å². The lowest BCUT2D eigenvalue weighted by molar-refractivity contribution is 0.102. The van der Waals surface area contributed by atoms with Gasteiger partial charge in [-0.25, -0.2) is 0 Å². The zero-order chi connectivity index (χ0) is 25.4. The number of ether oxygens (including phenoxy) is 1. The molecule has 0 saturated heterocycles. The molecule has 0 bridgehead atoms. The van der Waals surface area contributed by atoms with Crippen molar-refractivity contribution in [3.8, 4) is 11.5 Å². The normalized spacial score (nSPS) is 10.6. The van der Waals surface area contributed by atoms with Gasteiger partial charge >= 0.3 is 0 Å². The van der Waals surface area contributed by atoms with Crippen molar-refractivity contribution in [1.82, 2.24) is 0 Å². The predicted molar refractivity (Wildman–Crippen MR) is 131 cm³/mol. The second-order valence-corrected chi connectivity index (χ2v) is 8.70. The number of aromatic hydroxyl groups is 1. The van der Waals surface area contributed by atoms with E-state index in [-0.39, 0.29) is 33.3 Å². The standard InChI is InChI=1S/C14H12O3.C13H10O4S/c1-17-11-7-8-12(13(15)9-11)14(16)10-5-3-2-4-6-10;14-13(10-5-2-1-3-6-10)11-7-4-8-12(9-11)18(15,16)17/h2-9,15H,1H3;1-9H,(H,15,16,17). The van der Waals surface area contributed by atoms with Gasteiger partial charge in [0.15, 0.2) is 11.6 Å². The lowest BCUT2D eigenvalue weighted by Gasteiger charge is -2.06. The van der Waals surface area contributed by atoms with E-state index in [9.17, 15) is 23.1 Å². The van der Waals surface area contributed by atoms with Crippen LogP contribution in [0.5, 0.6) is 11.5 Å². The Bertz CT molecular complexity index is 1430. The van der Waals surface area contributed by atoms with Crippen molar-refractivity contribution in [3.05, 3.63) is 125 Å². The van der Waals surface area contributed by atoms with Gasteiger partial charge in [0.05, 0.1) is 17.6 Å². The highest BCUT2D eigenvalue weighted by Gasteiger charge is 2.15. The van der Waals surface area contributed by atoms with Gasteiger partial charge in [-0.15, -0.1) is 0 Å². The summed E-state index contributed by atoms with van der Waals surface area (Å²) < 4.78 is 35.9. The molecule has 4 aromatic rings. The van der Waals surface area contributed by atoms with Gasteiger partial charge in [-0.1, -0.05) is 72.8 Å². The third kappa shape index (κ3) is 6.63. The summed E-state index contributed by atoms with van der Waals surface area (Å²) in [5.74, 6) is -0.0443. The Balaban J connectivity index is 0.000000196. The Morgan fingerprint density at radius 2 is 1.23 bits per heavy atom. The summed E-state index contributed by atoms with van der Waals surface area (Å²) in [6.07, 6.45) is 0. The molecule has 8 heteroatoms.